The predicted molar refractivity (Wildman–Crippen MR) is 79.2 cm³/mol. The van der Waals surface area contributed by atoms with Crippen LogP contribution in [-0.2, 0) is 16.6 Å². The Labute approximate surface area is 128 Å². The van der Waals surface area contributed by atoms with Crippen LogP contribution in [-0.4, -0.2) is 23.6 Å². The SMILES string of the molecule is Cc1c(CN)cc(Cl)cc1S(=O)(=O)NC(C)c1ncn[nH]1. The van der Waals surface area contributed by atoms with E-state index in [4.69, 9.17) is 17.3 Å². The van der Waals surface area contributed by atoms with Gasteiger partial charge in [0.05, 0.1) is 10.9 Å². The average Bonchev–Trinajstić information content (AvgIpc) is 2.94. The Morgan fingerprint density at radius 1 is 1.48 bits per heavy atom. The molecule has 0 saturated heterocycles. The molecule has 114 valence electrons. The van der Waals surface area contributed by atoms with Gasteiger partial charge < -0.3 is 5.73 Å². The number of H-pyrrole nitrogens is 1. The van der Waals surface area contributed by atoms with Crippen LogP contribution in [0, 0.1) is 6.92 Å². The molecule has 1 aromatic heterocycles. The third-order valence-electron chi connectivity index (χ3n) is 3.12. The zero-order chi connectivity index (χ0) is 15.6. The third-order valence-corrected chi connectivity index (χ3v) is 5.00. The highest BCUT2D eigenvalue weighted by Gasteiger charge is 2.23. The molecule has 0 saturated carbocycles. The first kappa shape index (κ1) is 15.9. The monoisotopic (exact) mass is 329 g/mol. The lowest BCUT2D eigenvalue weighted by molar-refractivity contribution is 0.559. The highest BCUT2D eigenvalue weighted by Crippen LogP contribution is 2.25. The molecule has 0 amide bonds. The summed E-state index contributed by atoms with van der Waals surface area (Å²) >= 11 is 5.97. The molecule has 7 nitrogen and oxygen atoms in total. The van der Waals surface area contributed by atoms with Gasteiger partial charge in [-0.05, 0) is 37.1 Å². The molecule has 2 rings (SSSR count). The molecule has 1 heterocycles. The first-order valence-electron chi connectivity index (χ1n) is 6.22. The largest absolute Gasteiger partial charge is 0.326 e. The van der Waals surface area contributed by atoms with Crippen molar-refractivity contribution < 1.29 is 8.42 Å². The fourth-order valence-corrected chi connectivity index (χ4v) is 3.80. The van der Waals surface area contributed by atoms with Crippen molar-refractivity contribution in [2.24, 2.45) is 5.73 Å². The van der Waals surface area contributed by atoms with E-state index in [1.165, 1.54) is 12.4 Å². The van der Waals surface area contributed by atoms with Crippen molar-refractivity contribution in [3.05, 3.63) is 40.4 Å². The standard InChI is InChI=1S/C12H16ClN5O2S/c1-7-9(5-14)3-10(13)4-11(7)21(19,20)18-8(2)12-15-6-16-17-12/h3-4,6,8,18H,5,14H2,1-2H3,(H,15,16,17). The summed E-state index contributed by atoms with van der Waals surface area (Å²) < 4.78 is 27.5. The Morgan fingerprint density at radius 2 is 2.19 bits per heavy atom. The number of sulfonamides is 1. The van der Waals surface area contributed by atoms with Gasteiger partial charge in [0.25, 0.3) is 0 Å². The number of hydrogen-bond acceptors (Lipinski definition) is 5. The Balaban J connectivity index is 2.38. The smallest absolute Gasteiger partial charge is 0.241 e. The Morgan fingerprint density at radius 3 is 2.76 bits per heavy atom. The average molecular weight is 330 g/mol. The van der Waals surface area contributed by atoms with E-state index in [-0.39, 0.29) is 11.4 Å². The molecular weight excluding hydrogens is 314 g/mol. The lowest BCUT2D eigenvalue weighted by atomic mass is 10.1. The molecule has 0 fully saturated rings. The van der Waals surface area contributed by atoms with Crippen LogP contribution in [0.2, 0.25) is 5.02 Å². The van der Waals surface area contributed by atoms with Crippen LogP contribution in [0.4, 0.5) is 0 Å². The van der Waals surface area contributed by atoms with Gasteiger partial charge in [-0.15, -0.1) is 0 Å². The minimum Gasteiger partial charge on any atom is -0.326 e. The summed E-state index contributed by atoms with van der Waals surface area (Å²) in [5, 5.41) is 6.65. The Hall–Kier alpha value is -1.48. The van der Waals surface area contributed by atoms with E-state index in [1.807, 2.05) is 0 Å². The molecule has 2 aromatic rings. The lowest BCUT2D eigenvalue weighted by Crippen LogP contribution is -2.28. The zero-order valence-corrected chi connectivity index (χ0v) is 13.2. The van der Waals surface area contributed by atoms with E-state index >= 15 is 0 Å². The second-order valence-electron chi connectivity index (χ2n) is 4.61. The van der Waals surface area contributed by atoms with Gasteiger partial charge in [-0.25, -0.2) is 18.1 Å². The molecule has 0 radical (unpaired) electrons. The van der Waals surface area contributed by atoms with Gasteiger partial charge in [0, 0.05) is 11.6 Å². The van der Waals surface area contributed by atoms with Gasteiger partial charge in [-0.1, -0.05) is 11.6 Å². The number of hydrogen-bond donors (Lipinski definition) is 3. The maximum atomic E-state index is 12.5. The first-order valence-corrected chi connectivity index (χ1v) is 8.08. The molecule has 9 heteroatoms. The van der Waals surface area contributed by atoms with E-state index in [9.17, 15) is 8.42 Å². The molecule has 1 aromatic carbocycles. The summed E-state index contributed by atoms with van der Waals surface area (Å²) in [6, 6.07) is 2.53. The minimum absolute atomic E-state index is 0.113. The number of benzene rings is 1. The molecule has 1 unspecified atom stereocenters. The molecule has 0 aliphatic rings. The Bertz CT molecular complexity index is 730. The number of nitrogens with one attached hydrogen (secondary N) is 2. The summed E-state index contributed by atoms with van der Waals surface area (Å²) in [7, 11) is -3.75. The summed E-state index contributed by atoms with van der Waals surface area (Å²) in [5.41, 5.74) is 6.89. The van der Waals surface area contributed by atoms with Gasteiger partial charge in [0.2, 0.25) is 10.0 Å². The van der Waals surface area contributed by atoms with Crippen LogP contribution in [0.1, 0.15) is 29.9 Å². The van der Waals surface area contributed by atoms with Crippen LogP contribution in [0.25, 0.3) is 0 Å². The van der Waals surface area contributed by atoms with Crippen molar-refractivity contribution in [2.75, 3.05) is 0 Å². The van der Waals surface area contributed by atoms with E-state index in [0.29, 0.717) is 22.0 Å². The lowest BCUT2D eigenvalue weighted by Gasteiger charge is -2.15. The molecule has 0 bridgehead atoms. The number of nitrogens with zero attached hydrogens (tertiary/aromatic N) is 2. The molecule has 4 N–H and O–H groups in total. The van der Waals surface area contributed by atoms with Crippen molar-refractivity contribution in [2.45, 2.75) is 31.3 Å². The van der Waals surface area contributed by atoms with Crippen molar-refractivity contribution in [1.29, 1.82) is 0 Å². The maximum Gasteiger partial charge on any atom is 0.241 e. The second-order valence-corrected chi connectivity index (χ2v) is 6.72. The number of halogens is 1. The van der Waals surface area contributed by atoms with Crippen LogP contribution in [0.3, 0.4) is 0 Å². The van der Waals surface area contributed by atoms with Crippen molar-refractivity contribution in [3.63, 3.8) is 0 Å². The molecule has 0 spiro atoms. The minimum atomic E-state index is -3.75. The fourth-order valence-electron chi connectivity index (χ4n) is 1.97. The van der Waals surface area contributed by atoms with E-state index in [1.54, 1.807) is 19.9 Å². The molecule has 21 heavy (non-hydrogen) atoms. The number of aromatic nitrogens is 3. The van der Waals surface area contributed by atoms with E-state index in [0.717, 1.165) is 0 Å². The molecule has 1 atom stereocenters. The highest BCUT2D eigenvalue weighted by atomic mass is 35.5. The maximum absolute atomic E-state index is 12.5. The summed E-state index contributed by atoms with van der Waals surface area (Å²) in [4.78, 5) is 4.04. The van der Waals surface area contributed by atoms with E-state index in [2.05, 4.69) is 19.9 Å². The number of nitrogens with two attached hydrogens (primary N) is 1. The van der Waals surface area contributed by atoms with Gasteiger partial charge in [0.15, 0.2) is 0 Å². The zero-order valence-electron chi connectivity index (χ0n) is 11.6. The van der Waals surface area contributed by atoms with Gasteiger partial charge in [-0.3, -0.25) is 5.10 Å². The normalized spacial score (nSPS) is 13.3. The topological polar surface area (TPSA) is 114 Å². The van der Waals surface area contributed by atoms with Crippen LogP contribution < -0.4 is 10.5 Å². The Kier molecular flexibility index (Phi) is 4.62. The van der Waals surface area contributed by atoms with Crippen molar-refractivity contribution in [1.82, 2.24) is 19.9 Å². The highest BCUT2D eigenvalue weighted by molar-refractivity contribution is 7.89. The predicted octanol–water partition coefficient (Wildman–Crippen LogP) is 1.26. The summed E-state index contributed by atoms with van der Waals surface area (Å²) in [6.07, 6.45) is 1.32. The van der Waals surface area contributed by atoms with E-state index < -0.39 is 16.1 Å². The van der Waals surface area contributed by atoms with Gasteiger partial charge in [-0.2, -0.15) is 5.10 Å². The molecular formula is C12H16ClN5O2S. The first-order chi connectivity index (χ1) is 9.85. The van der Waals surface area contributed by atoms with Crippen LogP contribution in [0.15, 0.2) is 23.4 Å². The fraction of sp³-hybridized carbons (Fsp3) is 0.333. The summed E-state index contributed by atoms with van der Waals surface area (Å²) in [6.45, 7) is 3.58. The number of rotatable bonds is 5. The van der Waals surface area contributed by atoms with Gasteiger partial charge >= 0.3 is 0 Å². The van der Waals surface area contributed by atoms with Crippen molar-refractivity contribution >= 4 is 21.6 Å². The summed E-state index contributed by atoms with van der Waals surface area (Å²) in [5.74, 6) is 0.428. The van der Waals surface area contributed by atoms with Gasteiger partial charge in [0.1, 0.15) is 12.2 Å². The molecule has 0 aliphatic carbocycles. The van der Waals surface area contributed by atoms with Crippen molar-refractivity contribution in [3.8, 4) is 0 Å². The number of aromatic amines is 1. The molecule has 0 aliphatic heterocycles. The third kappa shape index (κ3) is 3.41. The van der Waals surface area contributed by atoms with Crippen LogP contribution in [0.5, 0.6) is 0 Å². The second kappa shape index (κ2) is 6.10. The quantitative estimate of drug-likeness (QED) is 0.764. The van der Waals surface area contributed by atoms with Crippen LogP contribution >= 0.6 is 11.6 Å².